The number of likely N-dealkylation sites (N-methyl/N-ethyl adjacent to an activating group) is 1. The molecule has 0 N–H and O–H groups in total. The van der Waals surface area contributed by atoms with Crippen molar-refractivity contribution in [3.63, 3.8) is 0 Å². The summed E-state index contributed by atoms with van der Waals surface area (Å²) in [5.41, 5.74) is 1.94. The van der Waals surface area contributed by atoms with Gasteiger partial charge in [-0.05, 0) is 47.1 Å². The molecule has 0 aliphatic carbocycles. The molecule has 2 heterocycles. The Bertz CT molecular complexity index is 896. The smallest absolute Gasteiger partial charge is 0.263 e. The molecular weight excluding hydrogens is 366 g/mol. The second kappa shape index (κ2) is 8.39. The fraction of sp³-hybridized carbons (Fsp3) is 0.526. The summed E-state index contributed by atoms with van der Waals surface area (Å²) in [5.74, 6) is 0.290. The molecule has 1 amide bonds. The number of thioether (sulfide) groups is 1. The number of thiophene rings is 1. The van der Waals surface area contributed by atoms with E-state index in [-0.39, 0.29) is 23.3 Å². The third kappa shape index (κ3) is 4.20. The van der Waals surface area contributed by atoms with E-state index in [2.05, 4.69) is 6.58 Å². The van der Waals surface area contributed by atoms with Crippen LogP contribution in [0.5, 0.6) is 0 Å². The van der Waals surface area contributed by atoms with E-state index in [9.17, 15) is 9.59 Å². The summed E-state index contributed by atoms with van der Waals surface area (Å²) in [7, 11) is 0. The van der Waals surface area contributed by atoms with Crippen molar-refractivity contribution in [2.45, 2.75) is 52.7 Å². The van der Waals surface area contributed by atoms with Crippen LogP contribution in [0, 0.1) is 13.8 Å². The first-order chi connectivity index (χ1) is 12.2. The minimum absolute atomic E-state index is 0.0175. The van der Waals surface area contributed by atoms with E-state index in [1.165, 1.54) is 23.1 Å². The highest BCUT2D eigenvalue weighted by atomic mass is 32.2. The van der Waals surface area contributed by atoms with E-state index in [1.807, 2.05) is 41.5 Å². The maximum atomic E-state index is 13.0. The Hall–Kier alpha value is -1.60. The van der Waals surface area contributed by atoms with Crippen molar-refractivity contribution in [1.82, 2.24) is 14.5 Å². The first-order valence-corrected chi connectivity index (χ1v) is 10.5. The predicted octanol–water partition coefficient (Wildman–Crippen LogP) is 4.17. The molecule has 0 unspecified atom stereocenters. The average molecular weight is 394 g/mol. The number of hydrogen-bond acceptors (Lipinski definition) is 5. The van der Waals surface area contributed by atoms with Crippen molar-refractivity contribution in [2.24, 2.45) is 0 Å². The number of aromatic nitrogens is 2. The van der Waals surface area contributed by atoms with Gasteiger partial charge in [-0.15, -0.1) is 11.3 Å². The lowest BCUT2D eigenvalue weighted by molar-refractivity contribution is -0.127. The van der Waals surface area contributed by atoms with Crippen LogP contribution in [-0.2, 0) is 4.79 Å². The molecule has 142 valence electrons. The maximum absolute atomic E-state index is 13.0. The molecule has 2 aromatic rings. The highest BCUT2D eigenvalue weighted by Crippen LogP contribution is 2.29. The SMILES string of the molecule is C=C(C)CN(CC)C(=O)CSc1nc2sc(C)c(C)c2c(=O)n1C(C)C. The summed E-state index contributed by atoms with van der Waals surface area (Å²) in [6, 6.07) is -0.0192. The highest BCUT2D eigenvalue weighted by molar-refractivity contribution is 7.99. The lowest BCUT2D eigenvalue weighted by atomic mass is 10.2. The number of amides is 1. The lowest BCUT2D eigenvalue weighted by Crippen LogP contribution is -2.34. The van der Waals surface area contributed by atoms with Crippen LogP contribution in [0.4, 0.5) is 0 Å². The number of carbonyl (C=O) groups is 1. The fourth-order valence-electron chi connectivity index (χ4n) is 2.76. The van der Waals surface area contributed by atoms with Crippen molar-refractivity contribution in [3.8, 4) is 0 Å². The first-order valence-electron chi connectivity index (χ1n) is 8.74. The van der Waals surface area contributed by atoms with Gasteiger partial charge in [0.1, 0.15) is 4.83 Å². The molecule has 0 saturated heterocycles. The molecule has 2 aromatic heterocycles. The molecule has 5 nitrogen and oxygen atoms in total. The number of carbonyl (C=O) groups excluding carboxylic acids is 1. The molecule has 7 heteroatoms. The van der Waals surface area contributed by atoms with Gasteiger partial charge in [0.25, 0.3) is 5.56 Å². The Kier molecular flexibility index (Phi) is 6.69. The van der Waals surface area contributed by atoms with Crippen molar-refractivity contribution in [2.75, 3.05) is 18.8 Å². The van der Waals surface area contributed by atoms with E-state index < -0.39 is 0 Å². The van der Waals surface area contributed by atoms with Crippen LogP contribution in [0.1, 0.15) is 44.2 Å². The molecule has 0 fully saturated rings. The standard InChI is InChI=1S/C19H27N3O2S2/c1-8-21(9-11(2)3)15(23)10-25-19-20-17-16(13(6)14(7)26-17)18(24)22(19)12(4)5/h12H,2,8-10H2,1,3-7H3. The number of aryl methyl sites for hydroxylation is 2. The monoisotopic (exact) mass is 393 g/mol. The third-order valence-corrected chi connectivity index (χ3v) is 6.28. The van der Waals surface area contributed by atoms with Crippen LogP contribution in [0.25, 0.3) is 10.2 Å². The van der Waals surface area contributed by atoms with Crippen LogP contribution >= 0.6 is 23.1 Å². The summed E-state index contributed by atoms with van der Waals surface area (Å²) in [4.78, 5) is 33.9. The molecule has 0 aliphatic rings. The predicted molar refractivity (Wildman–Crippen MR) is 112 cm³/mol. The first kappa shape index (κ1) is 20.7. The van der Waals surface area contributed by atoms with Crippen LogP contribution in [0.2, 0.25) is 0 Å². The Labute approximate surface area is 163 Å². The fourth-order valence-corrected chi connectivity index (χ4v) is 4.87. The van der Waals surface area contributed by atoms with E-state index in [1.54, 1.807) is 9.47 Å². The van der Waals surface area contributed by atoms with Crippen molar-refractivity contribution < 1.29 is 4.79 Å². The number of rotatable bonds is 7. The molecule has 26 heavy (non-hydrogen) atoms. The van der Waals surface area contributed by atoms with Gasteiger partial charge in [0.2, 0.25) is 5.91 Å². The molecular formula is C19H27N3O2S2. The van der Waals surface area contributed by atoms with Gasteiger partial charge < -0.3 is 4.90 Å². The van der Waals surface area contributed by atoms with Crippen LogP contribution < -0.4 is 5.56 Å². The molecule has 0 aliphatic heterocycles. The van der Waals surface area contributed by atoms with Gasteiger partial charge >= 0.3 is 0 Å². The van der Waals surface area contributed by atoms with Gasteiger partial charge in [0.05, 0.1) is 11.1 Å². The zero-order chi connectivity index (χ0) is 19.6. The highest BCUT2D eigenvalue weighted by Gasteiger charge is 2.20. The lowest BCUT2D eigenvalue weighted by Gasteiger charge is -2.21. The zero-order valence-electron chi connectivity index (χ0n) is 16.4. The minimum Gasteiger partial charge on any atom is -0.338 e. The van der Waals surface area contributed by atoms with E-state index in [0.717, 1.165) is 20.8 Å². The largest absolute Gasteiger partial charge is 0.338 e. The van der Waals surface area contributed by atoms with Crippen LogP contribution in [0.15, 0.2) is 22.1 Å². The Morgan fingerprint density at radius 3 is 2.58 bits per heavy atom. The normalized spacial score (nSPS) is 11.3. The van der Waals surface area contributed by atoms with Gasteiger partial charge in [-0.25, -0.2) is 4.98 Å². The quantitative estimate of drug-likeness (QED) is 0.402. The molecule has 0 aromatic carbocycles. The molecule has 0 atom stereocenters. The second-order valence-corrected chi connectivity index (χ2v) is 8.93. The molecule has 0 radical (unpaired) electrons. The topological polar surface area (TPSA) is 55.2 Å². The van der Waals surface area contributed by atoms with Gasteiger partial charge in [-0.3, -0.25) is 14.2 Å². The summed E-state index contributed by atoms with van der Waals surface area (Å²) in [6.07, 6.45) is 0. The number of fused-ring (bicyclic) bond motifs is 1. The minimum atomic E-state index is -0.0192. The Balaban J connectivity index is 2.37. The Morgan fingerprint density at radius 1 is 1.38 bits per heavy atom. The molecule has 0 bridgehead atoms. The summed E-state index contributed by atoms with van der Waals surface area (Å²) >= 11 is 2.87. The van der Waals surface area contributed by atoms with Gasteiger partial charge in [0, 0.05) is 24.0 Å². The van der Waals surface area contributed by atoms with E-state index >= 15 is 0 Å². The van der Waals surface area contributed by atoms with Crippen LogP contribution in [0.3, 0.4) is 0 Å². The molecule has 0 spiro atoms. The van der Waals surface area contributed by atoms with Gasteiger partial charge in [-0.1, -0.05) is 23.9 Å². The van der Waals surface area contributed by atoms with E-state index in [0.29, 0.717) is 23.6 Å². The van der Waals surface area contributed by atoms with Crippen molar-refractivity contribution in [1.29, 1.82) is 0 Å². The summed E-state index contributed by atoms with van der Waals surface area (Å²) in [6.45, 7) is 16.9. The summed E-state index contributed by atoms with van der Waals surface area (Å²) in [5, 5.41) is 1.31. The Morgan fingerprint density at radius 2 is 2.04 bits per heavy atom. The molecule has 2 rings (SSSR count). The average Bonchev–Trinajstić information content (AvgIpc) is 2.84. The third-order valence-electron chi connectivity index (χ3n) is 4.24. The summed E-state index contributed by atoms with van der Waals surface area (Å²) < 4.78 is 1.70. The van der Waals surface area contributed by atoms with Crippen LogP contribution in [-0.4, -0.2) is 39.2 Å². The second-order valence-electron chi connectivity index (χ2n) is 6.78. The zero-order valence-corrected chi connectivity index (χ0v) is 18.0. The number of nitrogens with zero attached hydrogens (tertiary/aromatic N) is 3. The van der Waals surface area contributed by atoms with Gasteiger partial charge in [0.15, 0.2) is 5.16 Å². The molecule has 0 saturated carbocycles. The maximum Gasteiger partial charge on any atom is 0.263 e. The van der Waals surface area contributed by atoms with Gasteiger partial charge in [-0.2, -0.15) is 0 Å². The van der Waals surface area contributed by atoms with Crippen molar-refractivity contribution >= 4 is 39.2 Å². The number of hydrogen-bond donors (Lipinski definition) is 0. The van der Waals surface area contributed by atoms with E-state index in [4.69, 9.17) is 4.98 Å². The van der Waals surface area contributed by atoms with Crippen molar-refractivity contribution in [3.05, 3.63) is 32.9 Å².